The molecule has 0 saturated carbocycles. The summed E-state index contributed by atoms with van der Waals surface area (Å²) in [7, 11) is 0. The van der Waals surface area contributed by atoms with Crippen molar-refractivity contribution in [1.29, 1.82) is 0 Å². The van der Waals surface area contributed by atoms with Gasteiger partial charge in [-0.15, -0.1) is 12.4 Å². The smallest absolute Gasteiger partial charge is 0.257 e. The minimum atomic E-state index is -0.0799. The van der Waals surface area contributed by atoms with Gasteiger partial charge in [0.15, 0.2) is 6.61 Å². The first kappa shape index (κ1) is 16.3. The van der Waals surface area contributed by atoms with Crippen molar-refractivity contribution in [3.05, 3.63) is 28.7 Å². The van der Waals surface area contributed by atoms with E-state index in [1.807, 2.05) is 24.3 Å². The van der Waals surface area contributed by atoms with E-state index in [2.05, 4.69) is 26.6 Å². The van der Waals surface area contributed by atoms with Crippen molar-refractivity contribution in [1.82, 2.24) is 10.6 Å². The van der Waals surface area contributed by atoms with Gasteiger partial charge in [0.25, 0.3) is 5.91 Å². The molecule has 106 valence electrons. The fraction of sp³-hybridized carbons (Fsp3) is 0.462. The van der Waals surface area contributed by atoms with Crippen LogP contribution in [0.5, 0.6) is 5.75 Å². The molecule has 1 aliphatic heterocycles. The third-order valence-electron chi connectivity index (χ3n) is 2.87. The standard InChI is InChI=1S/C13H17BrN2O2.ClH/c14-10-3-1-5-12(7-10)18-9-13(17)16-8-11-4-2-6-15-11;/h1,3,5,7,11,15H,2,4,6,8-9H2,(H,16,17);1H. The second-order valence-electron chi connectivity index (χ2n) is 4.34. The molecular weight excluding hydrogens is 332 g/mol. The van der Waals surface area contributed by atoms with E-state index in [0.29, 0.717) is 18.3 Å². The minimum Gasteiger partial charge on any atom is -0.484 e. The van der Waals surface area contributed by atoms with E-state index in [0.717, 1.165) is 17.4 Å². The zero-order chi connectivity index (χ0) is 12.8. The molecule has 4 nitrogen and oxygen atoms in total. The van der Waals surface area contributed by atoms with Gasteiger partial charge in [-0.05, 0) is 37.6 Å². The Balaban J connectivity index is 0.00000180. The molecule has 0 aromatic heterocycles. The number of rotatable bonds is 5. The van der Waals surface area contributed by atoms with Crippen molar-refractivity contribution in [3.63, 3.8) is 0 Å². The molecule has 1 aliphatic rings. The monoisotopic (exact) mass is 348 g/mol. The van der Waals surface area contributed by atoms with E-state index in [9.17, 15) is 4.79 Å². The average Bonchev–Trinajstić information content (AvgIpc) is 2.87. The predicted molar refractivity (Wildman–Crippen MR) is 80.9 cm³/mol. The summed E-state index contributed by atoms with van der Waals surface area (Å²) < 4.78 is 6.34. The van der Waals surface area contributed by atoms with Crippen molar-refractivity contribution in [2.24, 2.45) is 0 Å². The molecular formula is C13H18BrClN2O2. The molecule has 2 rings (SSSR count). The molecule has 0 radical (unpaired) electrons. The first-order valence-corrected chi connectivity index (χ1v) is 6.92. The van der Waals surface area contributed by atoms with Gasteiger partial charge in [-0.1, -0.05) is 22.0 Å². The van der Waals surface area contributed by atoms with Crippen LogP contribution in [0.4, 0.5) is 0 Å². The van der Waals surface area contributed by atoms with Gasteiger partial charge in [-0.3, -0.25) is 4.79 Å². The second-order valence-corrected chi connectivity index (χ2v) is 5.26. The quantitative estimate of drug-likeness (QED) is 0.856. The van der Waals surface area contributed by atoms with Crippen LogP contribution in [0.2, 0.25) is 0 Å². The summed E-state index contributed by atoms with van der Waals surface area (Å²) in [6.07, 6.45) is 2.32. The van der Waals surface area contributed by atoms with Gasteiger partial charge in [-0.2, -0.15) is 0 Å². The van der Waals surface area contributed by atoms with Crippen molar-refractivity contribution < 1.29 is 9.53 Å². The summed E-state index contributed by atoms with van der Waals surface area (Å²) in [5.74, 6) is 0.613. The van der Waals surface area contributed by atoms with Crippen LogP contribution in [0, 0.1) is 0 Å². The Labute approximate surface area is 127 Å². The molecule has 0 spiro atoms. The van der Waals surface area contributed by atoms with Gasteiger partial charge in [0, 0.05) is 17.1 Å². The molecule has 0 aliphatic carbocycles. The van der Waals surface area contributed by atoms with Crippen molar-refractivity contribution in [3.8, 4) is 5.75 Å². The van der Waals surface area contributed by atoms with Gasteiger partial charge >= 0.3 is 0 Å². The third kappa shape index (κ3) is 5.80. The Morgan fingerprint density at radius 3 is 3.05 bits per heavy atom. The SMILES string of the molecule is Cl.O=C(COc1cccc(Br)c1)NCC1CCCN1. The Hall–Kier alpha value is -0.780. The third-order valence-corrected chi connectivity index (χ3v) is 3.37. The van der Waals surface area contributed by atoms with Crippen LogP contribution < -0.4 is 15.4 Å². The summed E-state index contributed by atoms with van der Waals surface area (Å²) in [5.41, 5.74) is 0. The Bertz CT molecular complexity index is 411. The average molecular weight is 350 g/mol. The van der Waals surface area contributed by atoms with Crippen molar-refractivity contribution in [2.45, 2.75) is 18.9 Å². The van der Waals surface area contributed by atoms with Crippen LogP contribution in [0.3, 0.4) is 0 Å². The van der Waals surface area contributed by atoms with Crippen LogP contribution in [0.1, 0.15) is 12.8 Å². The van der Waals surface area contributed by atoms with E-state index in [1.54, 1.807) is 0 Å². The van der Waals surface area contributed by atoms with Crippen LogP contribution >= 0.6 is 28.3 Å². The fourth-order valence-electron chi connectivity index (χ4n) is 1.92. The van der Waals surface area contributed by atoms with Crippen LogP contribution in [-0.4, -0.2) is 31.6 Å². The van der Waals surface area contributed by atoms with Gasteiger partial charge in [0.1, 0.15) is 5.75 Å². The Morgan fingerprint density at radius 2 is 2.37 bits per heavy atom. The van der Waals surface area contributed by atoms with E-state index in [-0.39, 0.29) is 24.9 Å². The van der Waals surface area contributed by atoms with Crippen molar-refractivity contribution >= 4 is 34.2 Å². The molecule has 1 unspecified atom stereocenters. The Kier molecular flexibility index (Phi) is 7.20. The predicted octanol–water partition coefficient (Wildman–Crippen LogP) is 2.12. The molecule has 1 saturated heterocycles. The van der Waals surface area contributed by atoms with Gasteiger partial charge < -0.3 is 15.4 Å². The molecule has 1 fully saturated rings. The molecule has 1 amide bonds. The van der Waals surface area contributed by atoms with E-state index >= 15 is 0 Å². The maximum absolute atomic E-state index is 11.6. The largest absolute Gasteiger partial charge is 0.484 e. The highest BCUT2D eigenvalue weighted by Gasteiger charge is 2.14. The van der Waals surface area contributed by atoms with Gasteiger partial charge in [-0.25, -0.2) is 0 Å². The van der Waals surface area contributed by atoms with E-state index in [4.69, 9.17) is 4.74 Å². The normalized spacial score (nSPS) is 17.6. The number of amides is 1. The molecule has 2 N–H and O–H groups in total. The highest BCUT2D eigenvalue weighted by Crippen LogP contribution is 2.17. The zero-order valence-corrected chi connectivity index (χ0v) is 12.9. The maximum Gasteiger partial charge on any atom is 0.257 e. The van der Waals surface area contributed by atoms with E-state index in [1.165, 1.54) is 6.42 Å². The number of hydrogen-bond acceptors (Lipinski definition) is 3. The maximum atomic E-state index is 11.6. The number of carbonyl (C=O) groups excluding carboxylic acids is 1. The zero-order valence-electron chi connectivity index (χ0n) is 10.5. The number of halogens is 2. The highest BCUT2D eigenvalue weighted by atomic mass is 79.9. The lowest BCUT2D eigenvalue weighted by Gasteiger charge is -2.12. The van der Waals surface area contributed by atoms with Gasteiger partial charge in [0.2, 0.25) is 0 Å². The van der Waals surface area contributed by atoms with Crippen LogP contribution in [-0.2, 0) is 4.79 Å². The summed E-state index contributed by atoms with van der Waals surface area (Å²) >= 11 is 3.36. The van der Waals surface area contributed by atoms with Crippen LogP contribution in [0.15, 0.2) is 28.7 Å². The lowest BCUT2D eigenvalue weighted by Crippen LogP contribution is -2.39. The molecule has 1 heterocycles. The summed E-state index contributed by atoms with van der Waals surface area (Å²) in [5, 5.41) is 6.20. The second kappa shape index (κ2) is 8.40. The van der Waals surface area contributed by atoms with Crippen molar-refractivity contribution in [2.75, 3.05) is 19.7 Å². The first-order valence-electron chi connectivity index (χ1n) is 6.12. The number of carbonyl (C=O) groups is 1. The lowest BCUT2D eigenvalue weighted by molar-refractivity contribution is -0.123. The van der Waals surface area contributed by atoms with Crippen LogP contribution in [0.25, 0.3) is 0 Å². The highest BCUT2D eigenvalue weighted by molar-refractivity contribution is 9.10. The molecule has 1 aromatic carbocycles. The molecule has 6 heteroatoms. The number of ether oxygens (including phenoxy) is 1. The van der Waals surface area contributed by atoms with Gasteiger partial charge in [0.05, 0.1) is 0 Å². The first-order chi connectivity index (χ1) is 8.74. The molecule has 1 aromatic rings. The fourth-order valence-corrected chi connectivity index (χ4v) is 2.30. The summed E-state index contributed by atoms with van der Waals surface area (Å²) in [4.78, 5) is 11.6. The molecule has 19 heavy (non-hydrogen) atoms. The molecule has 1 atom stereocenters. The topological polar surface area (TPSA) is 50.4 Å². The molecule has 0 bridgehead atoms. The number of nitrogens with one attached hydrogen (secondary N) is 2. The number of benzene rings is 1. The number of hydrogen-bond donors (Lipinski definition) is 2. The lowest BCUT2D eigenvalue weighted by atomic mass is 10.2. The minimum absolute atomic E-state index is 0. The van der Waals surface area contributed by atoms with E-state index < -0.39 is 0 Å². The summed E-state index contributed by atoms with van der Waals surface area (Å²) in [6, 6.07) is 7.88. The Morgan fingerprint density at radius 1 is 1.53 bits per heavy atom. The summed E-state index contributed by atoms with van der Waals surface area (Å²) in [6.45, 7) is 1.79.